The molecule has 1 rings (SSSR count). The fourth-order valence-electron chi connectivity index (χ4n) is 1.61. The van der Waals surface area contributed by atoms with Crippen molar-refractivity contribution in [3.8, 4) is 0 Å². The monoisotopic (exact) mass is 195 g/mol. The van der Waals surface area contributed by atoms with Gasteiger partial charge >= 0.3 is 0 Å². The van der Waals surface area contributed by atoms with Gasteiger partial charge in [0.25, 0.3) is 0 Å². The van der Waals surface area contributed by atoms with Crippen LogP contribution < -0.4 is 5.73 Å². The molecule has 1 aromatic heterocycles. The summed E-state index contributed by atoms with van der Waals surface area (Å²) in [6.07, 6.45) is 4.12. The van der Waals surface area contributed by atoms with Crippen LogP contribution in [0.15, 0.2) is 6.20 Å². The minimum atomic E-state index is 0.138. The maximum atomic E-state index is 6.13. The lowest BCUT2D eigenvalue weighted by Gasteiger charge is -2.15. The van der Waals surface area contributed by atoms with Crippen LogP contribution in [0.4, 0.5) is 0 Å². The molecule has 0 saturated heterocycles. The summed E-state index contributed by atoms with van der Waals surface area (Å²) in [5.41, 5.74) is 8.50. The summed E-state index contributed by atoms with van der Waals surface area (Å²) in [5, 5.41) is 4.21. The third-order valence-electron chi connectivity index (χ3n) is 3.03. The van der Waals surface area contributed by atoms with Gasteiger partial charge in [-0.3, -0.25) is 4.68 Å². The van der Waals surface area contributed by atoms with E-state index in [-0.39, 0.29) is 6.04 Å². The molecule has 0 spiro atoms. The first-order chi connectivity index (χ1) is 6.56. The summed E-state index contributed by atoms with van der Waals surface area (Å²) in [6, 6.07) is 0.138. The van der Waals surface area contributed by atoms with Gasteiger partial charge in [-0.1, -0.05) is 20.3 Å². The quantitative estimate of drug-likeness (QED) is 0.800. The van der Waals surface area contributed by atoms with Gasteiger partial charge in [0.1, 0.15) is 0 Å². The van der Waals surface area contributed by atoms with Crippen LogP contribution in [0.3, 0.4) is 0 Å². The fourth-order valence-corrected chi connectivity index (χ4v) is 1.61. The summed E-state index contributed by atoms with van der Waals surface area (Å²) in [6.45, 7) is 6.51. The van der Waals surface area contributed by atoms with Crippen LogP contribution in [0.5, 0.6) is 0 Å². The van der Waals surface area contributed by atoms with Crippen molar-refractivity contribution in [1.82, 2.24) is 9.78 Å². The van der Waals surface area contributed by atoms with E-state index in [4.69, 9.17) is 5.73 Å². The molecule has 3 heteroatoms. The van der Waals surface area contributed by atoms with Gasteiger partial charge in [0, 0.05) is 24.3 Å². The Hall–Kier alpha value is -0.830. The minimum Gasteiger partial charge on any atom is -0.324 e. The van der Waals surface area contributed by atoms with Crippen molar-refractivity contribution in [2.24, 2.45) is 18.7 Å². The summed E-state index contributed by atoms with van der Waals surface area (Å²) in [7, 11) is 1.95. The highest BCUT2D eigenvalue weighted by atomic mass is 15.3. The predicted octanol–water partition coefficient (Wildman–Crippen LogP) is 2.16. The Morgan fingerprint density at radius 3 is 2.64 bits per heavy atom. The third-order valence-corrected chi connectivity index (χ3v) is 3.03. The Morgan fingerprint density at radius 2 is 2.21 bits per heavy atom. The molecule has 2 N–H and O–H groups in total. The molecule has 0 radical (unpaired) electrons. The van der Waals surface area contributed by atoms with Crippen molar-refractivity contribution in [1.29, 1.82) is 0 Å². The highest BCUT2D eigenvalue weighted by Gasteiger charge is 2.14. The van der Waals surface area contributed by atoms with Crippen molar-refractivity contribution in [2.75, 3.05) is 0 Å². The Balaban J connectivity index is 2.69. The standard InChI is InChI=1S/C11H21N3/c1-5-8(2)6-11(12)10-7-13-14(4)9(10)3/h7-8,11H,5-6,12H2,1-4H3. The Morgan fingerprint density at radius 1 is 1.57 bits per heavy atom. The van der Waals surface area contributed by atoms with Crippen LogP contribution in [0.1, 0.15) is 44.0 Å². The molecule has 1 aromatic rings. The molecule has 80 valence electrons. The van der Waals surface area contributed by atoms with E-state index in [9.17, 15) is 0 Å². The normalized spacial score (nSPS) is 15.5. The van der Waals surface area contributed by atoms with E-state index in [0.717, 1.165) is 6.42 Å². The van der Waals surface area contributed by atoms with Crippen molar-refractivity contribution >= 4 is 0 Å². The second kappa shape index (κ2) is 4.60. The predicted molar refractivity (Wildman–Crippen MR) is 58.9 cm³/mol. The average molecular weight is 195 g/mol. The van der Waals surface area contributed by atoms with E-state index in [0.29, 0.717) is 5.92 Å². The molecule has 0 saturated carbocycles. The van der Waals surface area contributed by atoms with Gasteiger partial charge in [0.2, 0.25) is 0 Å². The minimum absolute atomic E-state index is 0.138. The molecule has 2 atom stereocenters. The van der Waals surface area contributed by atoms with Gasteiger partial charge < -0.3 is 5.73 Å². The van der Waals surface area contributed by atoms with Crippen molar-refractivity contribution < 1.29 is 0 Å². The van der Waals surface area contributed by atoms with Crippen LogP contribution in [0.25, 0.3) is 0 Å². The highest BCUT2D eigenvalue weighted by molar-refractivity contribution is 5.19. The summed E-state index contributed by atoms with van der Waals surface area (Å²) in [4.78, 5) is 0. The molecule has 0 amide bonds. The van der Waals surface area contributed by atoms with Gasteiger partial charge in [0.05, 0.1) is 6.20 Å². The zero-order chi connectivity index (χ0) is 10.7. The largest absolute Gasteiger partial charge is 0.324 e. The number of rotatable bonds is 4. The zero-order valence-corrected chi connectivity index (χ0v) is 9.62. The fraction of sp³-hybridized carbons (Fsp3) is 0.727. The van der Waals surface area contributed by atoms with Crippen LogP contribution in [0.2, 0.25) is 0 Å². The van der Waals surface area contributed by atoms with E-state index in [1.807, 2.05) is 17.9 Å². The number of aromatic nitrogens is 2. The second-order valence-electron chi connectivity index (χ2n) is 4.16. The summed E-state index contributed by atoms with van der Waals surface area (Å²) >= 11 is 0. The lowest BCUT2D eigenvalue weighted by molar-refractivity contribution is 0.460. The first-order valence-electron chi connectivity index (χ1n) is 5.30. The molecule has 0 bridgehead atoms. The molecule has 1 heterocycles. The Bertz CT molecular complexity index is 291. The van der Waals surface area contributed by atoms with Crippen molar-refractivity contribution in [3.05, 3.63) is 17.5 Å². The first kappa shape index (κ1) is 11.2. The number of hydrogen-bond acceptors (Lipinski definition) is 2. The zero-order valence-electron chi connectivity index (χ0n) is 9.62. The van der Waals surface area contributed by atoms with Crippen LogP contribution in [0, 0.1) is 12.8 Å². The number of hydrogen-bond donors (Lipinski definition) is 1. The SMILES string of the molecule is CCC(C)CC(N)c1cnn(C)c1C. The Labute approximate surface area is 86.3 Å². The van der Waals surface area contributed by atoms with Gasteiger partial charge in [-0.25, -0.2) is 0 Å². The molecule has 2 unspecified atom stereocenters. The summed E-state index contributed by atoms with van der Waals surface area (Å²) in [5.74, 6) is 0.685. The number of nitrogens with zero attached hydrogens (tertiary/aromatic N) is 2. The average Bonchev–Trinajstić information content (AvgIpc) is 2.47. The lowest BCUT2D eigenvalue weighted by atomic mass is 9.95. The number of aryl methyl sites for hydroxylation is 1. The molecular formula is C11H21N3. The summed E-state index contributed by atoms with van der Waals surface area (Å²) < 4.78 is 1.88. The van der Waals surface area contributed by atoms with E-state index >= 15 is 0 Å². The van der Waals surface area contributed by atoms with Gasteiger partial charge in [-0.05, 0) is 19.3 Å². The molecular weight excluding hydrogens is 174 g/mol. The molecule has 0 aromatic carbocycles. The van der Waals surface area contributed by atoms with Crippen molar-refractivity contribution in [3.63, 3.8) is 0 Å². The molecule has 3 nitrogen and oxygen atoms in total. The van der Waals surface area contributed by atoms with E-state index in [2.05, 4.69) is 25.9 Å². The lowest BCUT2D eigenvalue weighted by Crippen LogP contribution is -2.14. The smallest absolute Gasteiger partial charge is 0.0540 e. The van der Waals surface area contributed by atoms with Gasteiger partial charge in [-0.15, -0.1) is 0 Å². The molecule has 14 heavy (non-hydrogen) atoms. The topological polar surface area (TPSA) is 43.8 Å². The van der Waals surface area contributed by atoms with Crippen LogP contribution in [-0.4, -0.2) is 9.78 Å². The van der Waals surface area contributed by atoms with Gasteiger partial charge in [0.15, 0.2) is 0 Å². The van der Waals surface area contributed by atoms with Gasteiger partial charge in [-0.2, -0.15) is 5.10 Å². The van der Waals surface area contributed by atoms with Crippen molar-refractivity contribution in [2.45, 2.75) is 39.7 Å². The van der Waals surface area contributed by atoms with E-state index < -0.39 is 0 Å². The highest BCUT2D eigenvalue weighted by Crippen LogP contribution is 2.22. The maximum Gasteiger partial charge on any atom is 0.0540 e. The second-order valence-corrected chi connectivity index (χ2v) is 4.16. The third kappa shape index (κ3) is 2.35. The van der Waals surface area contributed by atoms with E-state index in [1.54, 1.807) is 0 Å². The van der Waals surface area contributed by atoms with E-state index in [1.165, 1.54) is 17.7 Å². The Kier molecular flexibility index (Phi) is 3.69. The molecule has 0 fully saturated rings. The molecule has 0 aliphatic rings. The molecule has 0 aliphatic carbocycles. The van der Waals surface area contributed by atoms with Crippen LogP contribution >= 0.6 is 0 Å². The molecule has 0 aliphatic heterocycles. The van der Waals surface area contributed by atoms with Crippen LogP contribution in [-0.2, 0) is 7.05 Å². The first-order valence-corrected chi connectivity index (χ1v) is 5.30. The maximum absolute atomic E-state index is 6.13. The number of nitrogens with two attached hydrogens (primary N) is 1.